The molecule has 2 aromatic rings. The minimum atomic E-state index is -0.107. The molecule has 0 radical (unpaired) electrons. The maximum Gasteiger partial charge on any atom is 0.224 e. The van der Waals surface area contributed by atoms with Crippen LogP contribution in [0, 0.1) is 11.8 Å². The molecule has 0 aromatic heterocycles. The first-order valence-corrected chi connectivity index (χ1v) is 8.40. The summed E-state index contributed by atoms with van der Waals surface area (Å²) in [6.07, 6.45) is 3.11. The summed E-state index contributed by atoms with van der Waals surface area (Å²) >= 11 is 0. The van der Waals surface area contributed by atoms with E-state index < -0.39 is 0 Å². The Hall–Kier alpha value is -1.84. The second-order valence-corrected chi connectivity index (χ2v) is 6.30. The quantitative estimate of drug-likeness (QED) is 0.869. The molecule has 0 heterocycles. The normalized spacial score (nSPS) is 19.8. The first-order chi connectivity index (χ1) is 11.3. The summed E-state index contributed by atoms with van der Waals surface area (Å²) in [6, 6.07) is 20.2. The zero-order valence-electron chi connectivity index (χ0n) is 13.7. The van der Waals surface area contributed by atoms with Crippen LogP contribution in [0.5, 0.6) is 0 Å². The highest BCUT2D eigenvalue weighted by atomic mass is 35.5. The van der Waals surface area contributed by atoms with Crippen molar-refractivity contribution in [1.82, 2.24) is 5.32 Å². The van der Waals surface area contributed by atoms with E-state index in [0.29, 0.717) is 12.5 Å². The number of hydrogen-bond donors (Lipinski definition) is 2. The number of nitrogens with one attached hydrogen (secondary N) is 1. The summed E-state index contributed by atoms with van der Waals surface area (Å²) in [5.74, 6) is 0.507. The van der Waals surface area contributed by atoms with Crippen molar-refractivity contribution in [2.75, 3.05) is 6.54 Å². The van der Waals surface area contributed by atoms with Gasteiger partial charge >= 0.3 is 0 Å². The van der Waals surface area contributed by atoms with Gasteiger partial charge in [0.05, 0.1) is 6.04 Å². The molecule has 1 aliphatic rings. The van der Waals surface area contributed by atoms with Crippen LogP contribution in [0.2, 0.25) is 0 Å². The van der Waals surface area contributed by atoms with Gasteiger partial charge in [-0.1, -0.05) is 67.1 Å². The third-order valence-corrected chi connectivity index (χ3v) is 4.85. The number of carbonyl (C=O) groups excluding carboxylic acids is 1. The van der Waals surface area contributed by atoms with Crippen LogP contribution in [0.3, 0.4) is 0 Å². The van der Waals surface area contributed by atoms with Gasteiger partial charge in [-0.25, -0.2) is 0 Å². The third-order valence-electron chi connectivity index (χ3n) is 4.85. The maximum absolute atomic E-state index is 12.8. The van der Waals surface area contributed by atoms with Crippen LogP contribution < -0.4 is 11.1 Å². The lowest BCUT2D eigenvalue weighted by Crippen LogP contribution is -2.37. The molecule has 3 rings (SSSR count). The molecule has 2 aromatic carbocycles. The van der Waals surface area contributed by atoms with Crippen LogP contribution in [0.4, 0.5) is 0 Å². The van der Waals surface area contributed by atoms with Gasteiger partial charge in [-0.2, -0.15) is 0 Å². The first kappa shape index (κ1) is 18.5. The number of benzene rings is 2. The van der Waals surface area contributed by atoms with Gasteiger partial charge < -0.3 is 11.1 Å². The average molecular weight is 345 g/mol. The van der Waals surface area contributed by atoms with E-state index in [9.17, 15) is 4.79 Å². The van der Waals surface area contributed by atoms with Crippen molar-refractivity contribution >= 4 is 18.3 Å². The Labute approximate surface area is 150 Å². The monoisotopic (exact) mass is 344 g/mol. The number of rotatable bonds is 5. The van der Waals surface area contributed by atoms with Gasteiger partial charge in [0.1, 0.15) is 0 Å². The average Bonchev–Trinajstić information content (AvgIpc) is 3.10. The summed E-state index contributed by atoms with van der Waals surface area (Å²) in [7, 11) is 0. The predicted molar refractivity (Wildman–Crippen MR) is 100 cm³/mol. The fraction of sp³-hybridized carbons (Fsp3) is 0.350. The molecule has 0 saturated heterocycles. The van der Waals surface area contributed by atoms with Crippen molar-refractivity contribution in [1.29, 1.82) is 0 Å². The highest BCUT2D eigenvalue weighted by molar-refractivity contribution is 5.85. The molecular weight excluding hydrogens is 320 g/mol. The van der Waals surface area contributed by atoms with E-state index >= 15 is 0 Å². The molecule has 1 saturated carbocycles. The van der Waals surface area contributed by atoms with Crippen molar-refractivity contribution in [3.8, 4) is 0 Å². The van der Waals surface area contributed by atoms with Gasteiger partial charge in [-0.15, -0.1) is 12.4 Å². The standard InChI is InChI=1S/C20H24N2O.ClH/c21-14-17-12-7-13-18(17)20(23)22-19(15-8-3-1-4-9-15)16-10-5-2-6-11-16;/h1-6,8-11,17-19H,7,12-14,21H2,(H,22,23);1H/t17-,18-;/m1./s1. The fourth-order valence-corrected chi connectivity index (χ4v) is 3.56. The van der Waals surface area contributed by atoms with Crippen molar-refractivity contribution in [3.05, 3.63) is 71.8 Å². The van der Waals surface area contributed by atoms with Gasteiger partial charge in [-0.3, -0.25) is 4.79 Å². The highest BCUT2D eigenvalue weighted by Gasteiger charge is 2.33. The smallest absolute Gasteiger partial charge is 0.224 e. The SMILES string of the molecule is Cl.NC[C@H]1CCC[C@H]1C(=O)NC(c1ccccc1)c1ccccc1. The minimum absolute atomic E-state index is 0. The number of carbonyl (C=O) groups is 1. The van der Waals surface area contributed by atoms with Crippen LogP contribution in [0.25, 0.3) is 0 Å². The number of halogens is 1. The van der Waals surface area contributed by atoms with E-state index in [1.807, 2.05) is 36.4 Å². The second-order valence-electron chi connectivity index (χ2n) is 6.30. The zero-order chi connectivity index (χ0) is 16.1. The Bertz CT molecular complexity index is 593. The molecule has 1 fully saturated rings. The lowest BCUT2D eigenvalue weighted by atomic mass is 9.93. The molecule has 3 N–H and O–H groups in total. The third kappa shape index (κ3) is 4.16. The maximum atomic E-state index is 12.8. The molecule has 0 spiro atoms. The highest BCUT2D eigenvalue weighted by Crippen LogP contribution is 2.32. The molecule has 0 aliphatic heterocycles. The van der Waals surface area contributed by atoms with Crippen LogP contribution >= 0.6 is 12.4 Å². The van der Waals surface area contributed by atoms with Crippen molar-refractivity contribution < 1.29 is 4.79 Å². The topological polar surface area (TPSA) is 55.1 Å². The number of amides is 1. The van der Waals surface area contributed by atoms with E-state index in [1.54, 1.807) is 0 Å². The van der Waals surface area contributed by atoms with E-state index in [1.165, 1.54) is 0 Å². The lowest BCUT2D eigenvalue weighted by Gasteiger charge is -2.24. The molecule has 4 heteroatoms. The van der Waals surface area contributed by atoms with E-state index in [2.05, 4.69) is 29.6 Å². The summed E-state index contributed by atoms with van der Waals surface area (Å²) < 4.78 is 0. The van der Waals surface area contributed by atoms with E-state index in [4.69, 9.17) is 5.73 Å². The summed E-state index contributed by atoms with van der Waals surface area (Å²) in [5, 5.41) is 3.26. The molecular formula is C20H25ClN2O. The Morgan fingerprint density at radius 2 is 1.54 bits per heavy atom. The van der Waals surface area contributed by atoms with Crippen molar-refractivity contribution in [3.63, 3.8) is 0 Å². The molecule has 1 aliphatic carbocycles. The first-order valence-electron chi connectivity index (χ1n) is 8.40. The van der Waals surface area contributed by atoms with Gasteiger partial charge in [0.15, 0.2) is 0 Å². The molecule has 0 unspecified atom stereocenters. The van der Waals surface area contributed by atoms with Crippen LogP contribution in [0.1, 0.15) is 36.4 Å². The second kappa shape index (κ2) is 8.86. The molecule has 2 atom stereocenters. The molecule has 0 bridgehead atoms. The predicted octanol–water partition coefficient (Wildman–Crippen LogP) is 3.69. The largest absolute Gasteiger partial charge is 0.345 e. The summed E-state index contributed by atoms with van der Waals surface area (Å²) in [6.45, 7) is 0.597. The van der Waals surface area contributed by atoms with Gasteiger partial charge in [0.25, 0.3) is 0 Å². The molecule has 1 amide bonds. The van der Waals surface area contributed by atoms with E-state index in [0.717, 1.165) is 30.4 Å². The van der Waals surface area contributed by atoms with E-state index in [-0.39, 0.29) is 30.3 Å². The fourth-order valence-electron chi connectivity index (χ4n) is 3.56. The van der Waals surface area contributed by atoms with Crippen LogP contribution in [-0.4, -0.2) is 12.5 Å². The number of hydrogen-bond acceptors (Lipinski definition) is 2. The zero-order valence-corrected chi connectivity index (χ0v) is 14.5. The summed E-state index contributed by atoms with van der Waals surface area (Å²) in [5.41, 5.74) is 8.05. The number of nitrogens with two attached hydrogens (primary N) is 1. The Morgan fingerprint density at radius 1 is 1.00 bits per heavy atom. The molecule has 128 valence electrons. The Morgan fingerprint density at radius 3 is 2.04 bits per heavy atom. The van der Waals surface area contributed by atoms with Gasteiger partial charge in [0.2, 0.25) is 5.91 Å². The molecule has 24 heavy (non-hydrogen) atoms. The Balaban J connectivity index is 0.00000208. The van der Waals surface area contributed by atoms with Gasteiger partial charge in [0, 0.05) is 5.92 Å². The van der Waals surface area contributed by atoms with Gasteiger partial charge in [-0.05, 0) is 36.4 Å². The lowest BCUT2D eigenvalue weighted by molar-refractivity contribution is -0.126. The van der Waals surface area contributed by atoms with Crippen molar-refractivity contribution in [2.24, 2.45) is 17.6 Å². The van der Waals surface area contributed by atoms with Crippen molar-refractivity contribution in [2.45, 2.75) is 25.3 Å². The summed E-state index contributed by atoms with van der Waals surface area (Å²) in [4.78, 5) is 12.8. The minimum Gasteiger partial charge on any atom is -0.345 e. The molecule has 3 nitrogen and oxygen atoms in total. The van der Waals surface area contributed by atoms with Crippen LogP contribution in [-0.2, 0) is 4.79 Å². The van der Waals surface area contributed by atoms with Crippen LogP contribution in [0.15, 0.2) is 60.7 Å². The Kier molecular flexibility index (Phi) is 6.83.